The third-order valence-corrected chi connectivity index (χ3v) is 6.27. The molecule has 0 spiro atoms. The predicted octanol–water partition coefficient (Wildman–Crippen LogP) is 6.24. The fourth-order valence-corrected chi connectivity index (χ4v) is 3.85. The number of rotatable bonds is 8. The minimum atomic E-state index is -0.605. The minimum absolute atomic E-state index is 0.0273. The van der Waals surface area contributed by atoms with E-state index in [0.717, 1.165) is 11.3 Å². The Balaban J connectivity index is 1.52. The monoisotopic (exact) mass is 546 g/mol. The van der Waals surface area contributed by atoms with Crippen molar-refractivity contribution in [2.45, 2.75) is 0 Å². The van der Waals surface area contributed by atoms with Crippen LogP contribution in [0.5, 0.6) is 0 Å². The van der Waals surface area contributed by atoms with Crippen LogP contribution in [0.15, 0.2) is 100 Å². The summed E-state index contributed by atoms with van der Waals surface area (Å²) in [5.74, 6) is -0.140. The molecule has 192 valence electrons. The Kier molecular flexibility index (Phi) is 8.63. The Morgan fingerprint density at radius 3 is 2.34 bits per heavy atom. The van der Waals surface area contributed by atoms with Gasteiger partial charge in [0.25, 0.3) is 11.8 Å². The summed E-state index contributed by atoms with van der Waals surface area (Å²) in [6.45, 7) is 0. The summed E-state index contributed by atoms with van der Waals surface area (Å²) in [4.78, 5) is 27.7. The van der Waals surface area contributed by atoms with E-state index < -0.39 is 11.8 Å². The van der Waals surface area contributed by atoms with Gasteiger partial charge in [-0.3, -0.25) is 9.59 Å². The molecule has 1 heterocycles. The highest BCUT2D eigenvalue weighted by Crippen LogP contribution is 2.34. The van der Waals surface area contributed by atoms with Crippen molar-refractivity contribution < 1.29 is 14.0 Å². The van der Waals surface area contributed by atoms with Gasteiger partial charge < -0.3 is 14.6 Å². The van der Waals surface area contributed by atoms with Crippen LogP contribution < -0.4 is 15.6 Å². The second kappa shape index (κ2) is 12.3. The average Bonchev–Trinajstić information content (AvgIpc) is 3.39. The van der Waals surface area contributed by atoms with E-state index in [0.29, 0.717) is 32.7 Å². The lowest BCUT2D eigenvalue weighted by atomic mass is 10.1. The smallest absolute Gasteiger partial charge is 0.287 e. The van der Waals surface area contributed by atoms with Gasteiger partial charge in [-0.1, -0.05) is 59.6 Å². The number of hydrogen-bond acceptors (Lipinski definition) is 5. The van der Waals surface area contributed by atoms with Crippen LogP contribution in [0.2, 0.25) is 10.0 Å². The van der Waals surface area contributed by atoms with Crippen LogP contribution in [0.4, 0.5) is 5.69 Å². The van der Waals surface area contributed by atoms with E-state index in [-0.39, 0.29) is 5.70 Å². The summed E-state index contributed by atoms with van der Waals surface area (Å²) >= 11 is 12.4. The summed E-state index contributed by atoms with van der Waals surface area (Å²) in [5.41, 5.74) is 5.25. The quantitative estimate of drug-likeness (QED) is 0.155. The molecule has 0 fully saturated rings. The van der Waals surface area contributed by atoms with Gasteiger partial charge in [-0.05, 0) is 60.2 Å². The molecule has 0 atom stereocenters. The lowest BCUT2D eigenvalue weighted by molar-refractivity contribution is -0.117. The van der Waals surface area contributed by atoms with E-state index in [1.807, 2.05) is 49.3 Å². The Morgan fingerprint density at radius 2 is 1.63 bits per heavy atom. The number of anilines is 1. The first kappa shape index (κ1) is 26.7. The standard InChI is InChI=1S/C29H24Cl2N4O3/c1-35(2)21-13-11-19(12-14-21)17-25(33-28(36)20-7-4-3-5-8-20)29(37)34-32-18-22-15-16-26(38-22)23-9-6-10-24(30)27(23)31/h3-18H,1-2H3,(H,33,36)(H,34,37). The molecule has 9 heteroatoms. The number of hydrogen-bond donors (Lipinski definition) is 2. The first-order valence-corrected chi connectivity index (χ1v) is 12.3. The normalized spacial score (nSPS) is 11.4. The molecule has 2 N–H and O–H groups in total. The molecule has 0 bridgehead atoms. The van der Waals surface area contributed by atoms with Crippen LogP contribution in [-0.2, 0) is 4.79 Å². The van der Waals surface area contributed by atoms with Crippen molar-refractivity contribution in [3.05, 3.63) is 118 Å². The molecule has 4 aromatic rings. The lowest BCUT2D eigenvalue weighted by Crippen LogP contribution is -2.32. The SMILES string of the molecule is CN(C)c1ccc(C=C(NC(=O)c2ccccc2)C(=O)NN=Cc2ccc(-c3cccc(Cl)c3Cl)o2)cc1. The Morgan fingerprint density at radius 1 is 0.895 bits per heavy atom. The maximum Gasteiger partial charge on any atom is 0.287 e. The van der Waals surface area contributed by atoms with E-state index in [9.17, 15) is 9.59 Å². The number of benzene rings is 3. The number of nitrogens with one attached hydrogen (secondary N) is 2. The summed E-state index contributed by atoms with van der Waals surface area (Å²) in [5, 5.41) is 7.46. The van der Waals surface area contributed by atoms with Crippen LogP contribution in [0, 0.1) is 0 Å². The fraction of sp³-hybridized carbons (Fsp3) is 0.0690. The first-order valence-electron chi connectivity index (χ1n) is 11.5. The summed E-state index contributed by atoms with van der Waals surface area (Å²) in [6.07, 6.45) is 2.93. The maximum atomic E-state index is 13.0. The molecule has 0 saturated carbocycles. The Bertz CT molecular complexity index is 1490. The maximum absolute atomic E-state index is 13.0. The molecule has 0 aliphatic rings. The van der Waals surface area contributed by atoms with Crippen LogP contribution in [-0.4, -0.2) is 32.1 Å². The second-order valence-electron chi connectivity index (χ2n) is 8.37. The number of carbonyl (C=O) groups is 2. The van der Waals surface area contributed by atoms with Crippen molar-refractivity contribution in [1.29, 1.82) is 0 Å². The number of amides is 2. The molecule has 3 aromatic carbocycles. The molecule has 38 heavy (non-hydrogen) atoms. The molecule has 0 saturated heterocycles. The van der Waals surface area contributed by atoms with Crippen LogP contribution in [0.1, 0.15) is 21.7 Å². The number of halogens is 2. The zero-order valence-corrected chi connectivity index (χ0v) is 22.1. The topological polar surface area (TPSA) is 86.9 Å². The number of carbonyl (C=O) groups excluding carboxylic acids is 2. The van der Waals surface area contributed by atoms with E-state index in [1.165, 1.54) is 6.21 Å². The van der Waals surface area contributed by atoms with E-state index in [1.54, 1.807) is 60.7 Å². The predicted molar refractivity (Wildman–Crippen MR) is 153 cm³/mol. The van der Waals surface area contributed by atoms with E-state index >= 15 is 0 Å². The van der Waals surface area contributed by atoms with Gasteiger partial charge in [0.1, 0.15) is 17.2 Å². The lowest BCUT2D eigenvalue weighted by Gasteiger charge is -2.12. The van der Waals surface area contributed by atoms with Crippen molar-refractivity contribution in [2.24, 2.45) is 5.10 Å². The summed E-state index contributed by atoms with van der Waals surface area (Å²) in [7, 11) is 3.88. The van der Waals surface area contributed by atoms with Gasteiger partial charge in [0.15, 0.2) is 0 Å². The van der Waals surface area contributed by atoms with Crippen LogP contribution >= 0.6 is 23.2 Å². The second-order valence-corrected chi connectivity index (χ2v) is 9.15. The number of nitrogens with zero attached hydrogens (tertiary/aromatic N) is 2. The van der Waals surface area contributed by atoms with Gasteiger partial charge in [-0.15, -0.1) is 0 Å². The molecule has 4 rings (SSSR count). The molecule has 0 unspecified atom stereocenters. The van der Waals surface area contributed by atoms with Gasteiger partial charge in [-0.25, -0.2) is 5.43 Å². The third-order valence-electron chi connectivity index (χ3n) is 5.45. The Labute approximate surface area is 230 Å². The van der Waals surface area contributed by atoms with Gasteiger partial charge >= 0.3 is 0 Å². The zero-order chi connectivity index (χ0) is 27.1. The molecular weight excluding hydrogens is 523 g/mol. The highest BCUT2D eigenvalue weighted by Gasteiger charge is 2.15. The van der Waals surface area contributed by atoms with E-state index in [4.69, 9.17) is 27.6 Å². The molecule has 7 nitrogen and oxygen atoms in total. The highest BCUT2D eigenvalue weighted by atomic mass is 35.5. The minimum Gasteiger partial charge on any atom is -0.455 e. The van der Waals surface area contributed by atoms with Crippen LogP contribution in [0.25, 0.3) is 17.4 Å². The largest absolute Gasteiger partial charge is 0.455 e. The molecule has 0 radical (unpaired) electrons. The van der Waals surface area contributed by atoms with Gasteiger partial charge in [0.05, 0.1) is 16.3 Å². The molecule has 0 aliphatic carbocycles. The molecule has 0 aliphatic heterocycles. The van der Waals surface area contributed by atoms with E-state index in [2.05, 4.69) is 15.8 Å². The molecular formula is C29H24Cl2N4O3. The van der Waals surface area contributed by atoms with Crippen molar-refractivity contribution >= 4 is 53.0 Å². The number of furan rings is 1. The van der Waals surface area contributed by atoms with Gasteiger partial charge in [0, 0.05) is 30.9 Å². The average molecular weight is 547 g/mol. The van der Waals surface area contributed by atoms with Gasteiger partial charge in [0.2, 0.25) is 0 Å². The number of hydrazone groups is 1. The molecule has 1 aromatic heterocycles. The third kappa shape index (κ3) is 6.70. The van der Waals surface area contributed by atoms with Crippen molar-refractivity contribution in [1.82, 2.24) is 10.7 Å². The van der Waals surface area contributed by atoms with Crippen molar-refractivity contribution in [2.75, 3.05) is 19.0 Å². The van der Waals surface area contributed by atoms with Crippen LogP contribution in [0.3, 0.4) is 0 Å². The summed E-state index contributed by atoms with van der Waals surface area (Å²) in [6, 6.07) is 24.8. The molecule has 2 amide bonds. The van der Waals surface area contributed by atoms with Gasteiger partial charge in [-0.2, -0.15) is 5.10 Å². The summed E-state index contributed by atoms with van der Waals surface area (Å²) < 4.78 is 5.76. The van der Waals surface area contributed by atoms with Crippen molar-refractivity contribution in [3.8, 4) is 11.3 Å². The Hall–Kier alpha value is -4.33. The van der Waals surface area contributed by atoms with Crippen molar-refractivity contribution in [3.63, 3.8) is 0 Å². The zero-order valence-electron chi connectivity index (χ0n) is 20.6. The first-order chi connectivity index (χ1) is 18.3. The fourth-order valence-electron chi connectivity index (χ4n) is 3.45. The highest BCUT2D eigenvalue weighted by molar-refractivity contribution is 6.43.